The van der Waals surface area contributed by atoms with E-state index in [4.69, 9.17) is 5.48 Å². The fourth-order valence-electron chi connectivity index (χ4n) is 1.33. The van der Waals surface area contributed by atoms with Crippen LogP contribution in [0.25, 0.3) is 0 Å². The molecule has 0 amide bonds. The minimum atomic E-state index is -1.98. The van der Waals surface area contributed by atoms with Crippen LogP contribution in [0, 0.1) is 0 Å². The third-order valence-electron chi connectivity index (χ3n) is 2.33. The number of hydrogen-bond acceptors (Lipinski definition) is 2. The van der Waals surface area contributed by atoms with Gasteiger partial charge in [-0.3, -0.25) is 9.80 Å². The van der Waals surface area contributed by atoms with E-state index < -0.39 is 13.0 Å². The van der Waals surface area contributed by atoms with Crippen molar-refractivity contribution in [3.05, 3.63) is 0 Å². The SMILES string of the molecule is [2H]C1([2H])N(C(C)C)CCN(C(C)(C)C)C1([2H])[2H]. The largest absolute Gasteiger partial charge is 0.298 e. The molecule has 2 heteroatoms. The smallest absolute Gasteiger partial charge is 0.0444 e. The van der Waals surface area contributed by atoms with Crippen LogP contribution in [0.2, 0.25) is 0 Å². The van der Waals surface area contributed by atoms with Gasteiger partial charge in [0.2, 0.25) is 0 Å². The van der Waals surface area contributed by atoms with Gasteiger partial charge in [-0.25, -0.2) is 0 Å². The van der Waals surface area contributed by atoms with E-state index >= 15 is 0 Å². The van der Waals surface area contributed by atoms with E-state index in [1.165, 1.54) is 0 Å². The summed E-state index contributed by atoms with van der Waals surface area (Å²) in [5.41, 5.74) is -0.375. The molecule has 1 aliphatic heterocycles. The molecule has 1 aliphatic rings. The highest BCUT2D eigenvalue weighted by Gasteiger charge is 2.26. The summed E-state index contributed by atoms with van der Waals surface area (Å²) in [5.74, 6) is 0. The lowest BCUT2D eigenvalue weighted by atomic mass is 10.0. The average Bonchev–Trinajstić information content (AvgIpc) is 2.06. The quantitative estimate of drug-likeness (QED) is 0.619. The maximum atomic E-state index is 8.14. The predicted octanol–water partition coefficient (Wildman–Crippen LogP) is 1.81. The summed E-state index contributed by atoms with van der Waals surface area (Å²) in [7, 11) is 0. The molecule has 0 bridgehead atoms. The molecule has 0 aromatic rings. The molecule has 0 aromatic heterocycles. The second-order valence-corrected chi connectivity index (χ2v) is 4.83. The van der Waals surface area contributed by atoms with Crippen molar-refractivity contribution in [1.82, 2.24) is 9.80 Å². The van der Waals surface area contributed by atoms with Crippen molar-refractivity contribution < 1.29 is 5.48 Å². The molecule has 0 unspecified atom stereocenters. The molecule has 1 heterocycles. The second kappa shape index (κ2) is 3.97. The lowest BCUT2D eigenvalue weighted by Gasteiger charge is -2.43. The summed E-state index contributed by atoms with van der Waals surface area (Å²) in [6.07, 6.45) is 0. The lowest BCUT2D eigenvalue weighted by Crippen LogP contribution is -2.54. The third kappa shape index (κ3) is 2.96. The van der Waals surface area contributed by atoms with Crippen LogP contribution in [0.3, 0.4) is 0 Å². The molecule has 1 rings (SSSR count). The zero-order chi connectivity index (χ0) is 13.6. The van der Waals surface area contributed by atoms with Gasteiger partial charge in [0.05, 0.1) is 0 Å². The van der Waals surface area contributed by atoms with Crippen LogP contribution in [-0.4, -0.2) is 47.5 Å². The lowest BCUT2D eigenvalue weighted by molar-refractivity contribution is 0.0491. The average molecular weight is 188 g/mol. The van der Waals surface area contributed by atoms with Crippen LogP contribution in [0.5, 0.6) is 0 Å². The molecule has 1 saturated heterocycles. The Morgan fingerprint density at radius 3 is 2.23 bits per heavy atom. The summed E-state index contributed by atoms with van der Waals surface area (Å²) in [5, 5.41) is 0. The van der Waals surface area contributed by atoms with Gasteiger partial charge < -0.3 is 0 Å². The molecule has 0 radical (unpaired) electrons. The number of hydrogen-bond donors (Lipinski definition) is 0. The molecular formula is C11H24N2. The molecule has 0 saturated carbocycles. The first kappa shape index (κ1) is 6.41. The van der Waals surface area contributed by atoms with Crippen LogP contribution in [0.4, 0.5) is 0 Å². The molecule has 0 aliphatic carbocycles. The first-order valence-electron chi connectivity index (χ1n) is 6.97. The maximum Gasteiger partial charge on any atom is 0.0444 e. The Kier molecular flexibility index (Phi) is 1.96. The minimum Gasteiger partial charge on any atom is -0.298 e. The highest BCUT2D eigenvalue weighted by molar-refractivity contribution is 4.82. The van der Waals surface area contributed by atoms with Gasteiger partial charge in [0.15, 0.2) is 0 Å². The van der Waals surface area contributed by atoms with E-state index in [9.17, 15) is 0 Å². The fraction of sp³-hybridized carbons (Fsp3) is 1.00. The van der Waals surface area contributed by atoms with Crippen molar-refractivity contribution in [1.29, 1.82) is 0 Å². The van der Waals surface area contributed by atoms with Crippen LogP contribution >= 0.6 is 0 Å². The monoisotopic (exact) mass is 188 g/mol. The molecule has 78 valence electrons. The van der Waals surface area contributed by atoms with Gasteiger partial charge in [-0.15, -0.1) is 0 Å². The van der Waals surface area contributed by atoms with Crippen molar-refractivity contribution in [3.8, 4) is 0 Å². The van der Waals surface area contributed by atoms with Crippen LogP contribution in [-0.2, 0) is 0 Å². The summed E-state index contributed by atoms with van der Waals surface area (Å²) in [6, 6.07) is 0.00203. The van der Waals surface area contributed by atoms with Gasteiger partial charge in [-0.1, -0.05) is 0 Å². The molecular weight excluding hydrogens is 160 g/mol. The summed E-state index contributed by atoms with van der Waals surface area (Å²) >= 11 is 0. The van der Waals surface area contributed by atoms with Gasteiger partial charge in [0.25, 0.3) is 0 Å². The topological polar surface area (TPSA) is 6.48 Å². The van der Waals surface area contributed by atoms with E-state index in [0.717, 1.165) is 0 Å². The Morgan fingerprint density at radius 2 is 1.77 bits per heavy atom. The van der Waals surface area contributed by atoms with Gasteiger partial charge in [-0.05, 0) is 34.6 Å². The Labute approximate surface area is 88.5 Å². The number of nitrogens with zero attached hydrogens (tertiary/aromatic N) is 2. The standard InChI is InChI=1S/C11H24N2/c1-10(2)12-6-8-13(9-7-12)11(3,4)5/h10H,6-9H2,1-5H3/i6D2,8D2. The molecule has 0 atom stereocenters. The van der Waals surface area contributed by atoms with Crippen molar-refractivity contribution in [2.75, 3.05) is 26.1 Å². The van der Waals surface area contributed by atoms with Gasteiger partial charge in [0.1, 0.15) is 0 Å². The first-order chi connectivity index (χ1) is 7.42. The van der Waals surface area contributed by atoms with E-state index in [1.54, 1.807) is 9.80 Å². The molecule has 1 fully saturated rings. The Hall–Kier alpha value is -0.0800. The molecule has 0 N–H and O–H groups in total. The van der Waals surface area contributed by atoms with E-state index in [-0.39, 0.29) is 11.6 Å². The fourth-order valence-corrected chi connectivity index (χ4v) is 1.33. The minimum absolute atomic E-state index is 0.00203. The summed E-state index contributed by atoms with van der Waals surface area (Å²) in [6.45, 7) is 6.74. The summed E-state index contributed by atoms with van der Waals surface area (Å²) < 4.78 is 32.5. The van der Waals surface area contributed by atoms with Crippen LogP contribution < -0.4 is 0 Å². The maximum absolute atomic E-state index is 8.14. The van der Waals surface area contributed by atoms with E-state index in [1.807, 2.05) is 34.6 Å². The zero-order valence-corrected chi connectivity index (χ0v) is 9.39. The zero-order valence-electron chi connectivity index (χ0n) is 13.4. The predicted molar refractivity (Wildman–Crippen MR) is 58.0 cm³/mol. The number of rotatable bonds is 1. The number of piperazine rings is 1. The molecule has 0 aromatic carbocycles. The van der Waals surface area contributed by atoms with Gasteiger partial charge >= 0.3 is 0 Å². The van der Waals surface area contributed by atoms with Crippen molar-refractivity contribution in [2.24, 2.45) is 0 Å². The van der Waals surface area contributed by atoms with Crippen molar-refractivity contribution in [3.63, 3.8) is 0 Å². The molecule has 0 spiro atoms. The Balaban J connectivity index is 3.10. The highest BCUT2D eigenvalue weighted by Crippen LogP contribution is 2.16. The highest BCUT2D eigenvalue weighted by atomic mass is 15.3. The van der Waals surface area contributed by atoms with Crippen molar-refractivity contribution in [2.45, 2.75) is 46.2 Å². The van der Waals surface area contributed by atoms with E-state index in [0.29, 0.717) is 13.1 Å². The molecule has 13 heavy (non-hydrogen) atoms. The van der Waals surface area contributed by atoms with E-state index in [2.05, 4.69) is 0 Å². The Bertz CT molecular complexity index is 284. The molecule has 2 nitrogen and oxygen atoms in total. The third-order valence-corrected chi connectivity index (χ3v) is 2.33. The second-order valence-electron chi connectivity index (χ2n) is 4.83. The Morgan fingerprint density at radius 1 is 1.15 bits per heavy atom. The first-order valence-corrected chi connectivity index (χ1v) is 4.97. The van der Waals surface area contributed by atoms with Crippen molar-refractivity contribution >= 4 is 0 Å². The van der Waals surface area contributed by atoms with Crippen LogP contribution in [0.1, 0.15) is 40.1 Å². The summed E-state index contributed by atoms with van der Waals surface area (Å²) in [4.78, 5) is 3.23. The van der Waals surface area contributed by atoms with Gasteiger partial charge in [0, 0.05) is 43.1 Å². The van der Waals surface area contributed by atoms with Crippen LogP contribution in [0.15, 0.2) is 0 Å². The normalized spacial score (nSPS) is 34.9. The van der Waals surface area contributed by atoms with Gasteiger partial charge in [-0.2, -0.15) is 0 Å².